The Labute approximate surface area is 180 Å². The van der Waals surface area contributed by atoms with Gasteiger partial charge in [-0.05, 0) is 30.7 Å². The number of hydrogen-bond acceptors (Lipinski definition) is 6. The predicted molar refractivity (Wildman–Crippen MR) is 117 cm³/mol. The Morgan fingerprint density at radius 2 is 1.40 bits per heavy atom. The van der Waals surface area contributed by atoms with Crippen LogP contribution in [0.1, 0.15) is 58.8 Å². The second-order valence-corrected chi connectivity index (χ2v) is 7.02. The highest BCUT2D eigenvalue weighted by Gasteiger charge is 2.02. The molecule has 0 fully saturated rings. The summed E-state index contributed by atoms with van der Waals surface area (Å²) in [5.74, 6) is 0.463. The number of hydrogen-bond donors (Lipinski definition) is 1. The van der Waals surface area contributed by atoms with Crippen LogP contribution in [0.4, 0.5) is 5.69 Å². The average Bonchev–Trinajstić information content (AvgIpc) is 2.72. The molecule has 30 heavy (non-hydrogen) atoms. The van der Waals surface area contributed by atoms with Gasteiger partial charge in [-0.15, -0.1) is 0 Å². The number of benzene rings is 1. The van der Waals surface area contributed by atoms with E-state index in [0.29, 0.717) is 45.2 Å². The van der Waals surface area contributed by atoms with Crippen LogP contribution in [-0.2, 0) is 23.8 Å². The fraction of sp³-hybridized carbons (Fsp3) is 0.652. The van der Waals surface area contributed by atoms with E-state index in [1.54, 1.807) is 24.3 Å². The molecule has 0 aromatic heterocycles. The number of anilines is 1. The second-order valence-electron chi connectivity index (χ2n) is 7.02. The maximum absolute atomic E-state index is 11.6. The van der Waals surface area contributed by atoms with Crippen molar-refractivity contribution in [3.63, 3.8) is 0 Å². The highest BCUT2D eigenvalue weighted by molar-refractivity contribution is 5.88. The molecule has 0 spiro atoms. The van der Waals surface area contributed by atoms with E-state index in [2.05, 4.69) is 12.2 Å². The molecular weight excluding hydrogens is 386 g/mol. The first-order chi connectivity index (χ1) is 14.6. The Morgan fingerprint density at radius 1 is 0.800 bits per heavy atom. The fourth-order valence-corrected chi connectivity index (χ4v) is 2.71. The van der Waals surface area contributed by atoms with E-state index in [-0.39, 0.29) is 18.5 Å². The Hall–Kier alpha value is -2.12. The second kappa shape index (κ2) is 17.7. The minimum atomic E-state index is -0.146. The fourth-order valence-electron chi connectivity index (χ4n) is 2.71. The number of nitrogens with one attached hydrogen (secondary N) is 1. The highest BCUT2D eigenvalue weighted by atomic mass is 16.6. The Kier molecular flexibility index (Phi) is 15.3. The van der Waals surface area contributed by atoms with E-state index in [1.807, 2.05) is 0 Å². The van der Waals surface area contributed by atoms with Gasteiger partial charge in [0.2, 0.25) is 5.91 Å². The molecule has 1 amide bonds. The summed E-state index contributed by atoms with van der Waals surface area (Å²) in [4.78, 5) is 22.6. The zero-order valence-corrected chi connectivity index (χ0v) is 18.5. The first-order valence-corrected chi connectivity index (χ1v) is 10.9. The van der Waals surface area contributed by atoms with Crippen molar-refractivity contribution in [1.82, 2.24) is 0 Å². The van der Waals surface area contributed by atoms with Gasteiger partial charge in [-0.25, -0.2) is 0 Å². The van der Waals surface area contributed by atoms with Crippen LogP contribution in [0.5, 0.6) is 5.75 Å². The largest absolute Gasteiger partial charge is 0.491 e. The van der Waals surface area contributed by atoms with Gasteiger partial charge in [0, 0.05) is 19.0 Å². The molecule has 1 N–H and O–H groups in total. The Balaban J connectivity index is 1.87. The van der Waals surface area contributed by atoms with Crippen LogP contribution < -0.4 is 10.1 Å². The molecule has 1 rings (SSSR count). The summed E-state index contributed by atoms with van der Waals surface area (Å²) in [7, 11) is 0. The van der Waals surface area contributed by atoms with Crippen molar-refractivity contribution in [2.45, 2.75) is 58.8 Å². The van der Waals surface area contributed by atoms with Gasteiger partial charge in [0.15, 0.2) is 0 Å². The van der Waals surface area contributed by atoms with Gasteiger partial charge in [0.25, 0.3) is 0 Å². The van der Waals surface area contributed by atoms with Gasteiger partial charge >= 0.3 is 5.97 Å². The van der Waals surface area contributed by atoms with Gasteiger partial charge in [-0.3, -0.25) is 9.59 Å². The third-order valence-corrected chi connectivity index (χ3v) is 4.27. The lowest BCUT2D eigenvalue weighted by Gasteiger charge is -2.09. The van der Waals surface area contributed by atoms with Crippen LogP contribution in [0.25, 0.3) is 0 Å². The molecule has 0 bridgehead atoms. The topological polar surface area (TPSA) is 83.1 Å². The number of carbonyl (C=O) groups excluding carboxylic acids is 2. The smallest absolute Gasteiger partial charge is 0.305 e. The summed E-state index contributed by atoms with van der Waals surface area (Å²) < 4.78 is 21.5. The van der Waals surface area contributed by atoms with E-state index in [1.165, 1.54) is 32.6 Å². The predicted octanol–water partition coefficient (Wildman–Crippen LogP) is 4.35. The lowest BCUT2D eigenvalue weighted by Crippen LogP contribution is -2.14. The number of esters is 1. The standard InChI is InChI=1S/C23H37NO6/c1-3-4-5-6-7-8-9-23(26)30-19-17-28-15-14-27-16-18-29-22-12-10-21(11-13-22)24-20(2)25/h10-13H,3-9,14-19H2,1-2H3,(H,24,25). The van der Waals surface area contributed by atoms with Gasteiger partial charge in [0.05, 0.1) is 26.4 Å². The van der Waals surface area contributed by atoms with Crippen molar-refractivity contribution in [2.24, 2.45) is 0 Å². The molecule has 1 aromatic rings. The maximum Gasteiger partial charge on any atom is 0.305 e. The lowest BCUT2D eigenvalue weighted by molar-refractivity contribution is -0.145. The monoisotopic (exact) mass is 423 g/mol. The van der Waals surface area contributed by atoms with Gasteiger partial charge in [-0.1, -0.05) is 39.0 Å². The normalized spacial score (nSPS) is 10.6. The summed E-state index contributed by atoms with van der Waals surface area (Å²) in [6.07, 6.45) is 7.44. The molecule has 0 aliphatic carbocycles. The molecule has 7 nitrogen and oxygen atoms in total. The van der Waals surface area contributed by atoms with Gasteiger partial charge in [-0.2, -0.15) is 0 Å². The van der Waals surface area contributed by atoms with Crippen LogP contribution in [0.3, 0.4) is 0 Å². The molecule has 7 heteroatoms. The third kappa shape index (κ3) is 14.8. The van der Waals surface area contributed by atoms with Crippen LogP contribution >= 0.6 is 0 Å². The van der Waals surface area contributed by atoms with E-state index >= 15 is 0 Å². The van der Waals surface area contributed by atoms with Crippen molar-refractivity contribution in [2.75, 3.05) is 45.0 Å². The molecule has 0 aliphatic heterocycles. The summed E-state index contributed by atoms with van der Waals surface area (Å²) in [5, 5.41) is 2.70. The molecule has 0 atom stereocenters. The SMILES string of the molecule is CCCCCCCCC(=O)OCCOCCOCCOc1ccc(NC(C)=O)cc1. The molecule has 0 aliphatic rings. The Bertz CT molecular complexity index is 576. The molecule has 0 unspecified atom stereocenters. The molecular formula is C23H37NO6. The van der Waals surface area contributed by atoms with Crippen molar-refractivity contribution in [3.05, 3.63) is 24.3 Å². The average molecular weight is 424 g/mol. The van der Waals surface area contributed by atoms with Crippen LogP contribution in [0, 0.1) is 0 Å². The lowest BCUT2D eigenvalue weighted by atomic mass is 10.1. The molecule has 0 heterocycles. The summed E-state index contributed by atoms with van der Waals surface area (Å²) in [5.41, 5.74) is 0.733. The summed E-state index contributed by atoms with van der Waals surface area (Å²) in [6, 6.07) is 7.15. The van der Waals surface area contributed by atoms with Crippen LogP contribution in [-0.4, -0.2) is 51.5 Å². The minimum absolute atomic E-state index is 0.106. The number of unbranched alkanes of at least 4 members (excludes halogenated alkanes) is 5. The summed E-state index contributed by atoms with van der Waals surface area (Å²) >= 11 is 0. The molecule has 0 saturated heterocycles. The summed E-state index contributed by atoms with van der Waals surface area (Å²) in [6.45, 7) is 6.10. The number of ether oxygens (including phenoxy) is 4. The molecule has 1 aromatic carbocycles. The van der Waals surface area contributed by atoms with Crippen molar-refractivity contribution < 1.29 is 28.5 Å². The van der Waals surface area contributed by atoms with Gasteiger partial charge < -0.3 is 24.3 Å². The molecule has 0 radical (unpaired) electrons. The van der Waals surface area contributed by atoms with Crippen LogP contribution in [0.15, 0.2) is 24.3 Å². The van der Waals surface area contributed by atoms with Crippen molar-refractivity contribution in [3.8, 4) is 5.75 Å². The number of amides is 1. The Morgan fingerprint density at radius 3 is 2.07 bits per heavy atom. The van der Waals surface area contributed by atoms with Crippen molar-refractivity contribution >= 4 is 17.6 Å². The van der Waals surface area contributed by atoms with Crippen LogP contribution in [0.2, 0.25) is 0 Å². The zero-order chi connectivity index (χ0) is 21.9. The van der Waals surface area contributed by atoms with E-state index in [0.717, 1.165) is 18.5 Å². The molecule has 0 saturated carbocycles. The first kappa shape index (κ1) is 25.9. The van der Waals surface area contributed by atoms with Gasteiger partial charge in [0.1, 0.15) is 19.0 Å². The van der Waals surface area contributed by atoms with E-state index in [4.69, 9.17) is 18.9 Å². The van der Waals surface area contributed by atoms with E-state index in [9.17, 15) is 9.59 Å². The van der Waals surface area contributed by atoms with E-state index < -0.39 is 0 Å². The third-order valence-electron chi connectivity index (χ3n) is 4.27. The maximum atomic E-state index is 11.6. The minimum Gasteiger partial charge on any atom is -0.491 e. The number of carbonyl (C=O) groups is 2. The molecule has 170 valence electrons. The quantitative estimate of drug-likeness (QED) is 0.279. The van der Waals surface area contributed by atoms with Crippen molar-refractivity contribution in [1.29, 1.82) is 0 Å². The highest BCUT2D eigenvalue weighted by Crippen LogP contribution is 2.15. The number of rotatable bonds is 18. The first-order valence-electron chi connectivity index (χ1n) is 10.9. The zero-order valence-electron chi connectivity index (χ0n) is 18.5.